The number of thioether (sulfide) groups is 1. The molecule has 0 spiro atoms. The van der Waals surface area contributed by atoms with E-state index in [2.05, 4.69) is 20.5 Å². The summed E-state index contributed by atoms with van der Waals surface area (Å²) in [5, 5.41) is 14.2. The quantitative estimate of drug-likeness (QED) is 0.763. The summed E-state index contributed by atoms with van der Waals surface area (Å²) in [6.45, 7) is 1.18. The van der Waals surface area contributed by atoms with Crippen LogP contribution in [0.3, 0.4) is 0 Å². The Morgan fingerprint density at radius 2 is 2.47 bits per heavy atom. The van der Waals surface area contributed by atoms with Gasteiger partial charge in [0.2, 0.25) is 5.16 Å². The smallest absolute Gasteiger partial charge is 0.209 e. The number of hydrogen-bond acceptors (Lipinski definition) is 7. The van der Waals surface area contributed by atoms with E-state index in [1.165, 1.54) is 0 Å². The molecule has 6 nitrogen and oxygen atoms in total. The van der Waals surface area contributed by atoms with Gasteiger partial charge in [-0.1, -0.05) is 11.8 Å². The Balaban J connectivity index is 1.95. The Bertz CT molecular complexity index is 397. The summed E-state index contributed by atoms with van der Waals surface area (Å²) in [5.74, 6) is 0.786. The molecule has 0 saturated heterocycles. The van der Waals surface area contributed by atoms with Crippen molar-refractivity contribution in [2.45, 2.75) is 17.5 Å². The molecule has 0 aromatic carbocycles. The van der Waals surface area contributed by atoms with Crippen LogP contribution in [0.1, 0.15) is 5.69 Å². The van der Waals surface area contributed by atoms with Crippen LogP contribution in [0, 0.1) is 0 Å². The largest absolute Gasteiger partial charge is 0.329 e. The van der Waals surface area contributed by atoms with E-state index in [4.69, 9.17) is 5.73 Å². The van der Waals surface area contributed by atoms with Crippen molar-refractivity contribution < 1.29 is 0 Å². The second-order valence-electron chi connectivity index (χ2n) is 2.74. The monoisotopic (exact) mass is 242 g/mol. The van der Waals surface area contributed by atoms with Crippen LogP contribution in [-0.2, 0) is 12.3 Å². The van der Waals surface area contributed by atoms with Crippen molar-refractivity contribution in [3.63, 3.8) is 0 Å². The van der Waals surface area contributed by atoms with Gasteiger partial charge in [-0.25, -0.2) is 9.67 Å². The molecule has 0 radical (unpaired) electrons. The minimum Gasteiger partial charge on any atom is -0.329 e. The fourth-order valence-electron chi connectivity index (χ4n) is 1.01. The molecule has 2 heterocycles. The summed E-state index contributed by atoms with van der Waals surface area (Å²) in [4.78, 5) is 4.19. The third-order valence-electron chi connectivity index (χ3n) is 1.67. The van der Waals surface area contributed by atoms with Gasteiger partial charge in [-0.3, -0.25) is 0 Å². The maximum absolute atomic E-state index is 5.44. The molecular weight excluding hydrogens is 232 g/mol. The second-order valence-corrected chi connectivity index (χ2v) is 4.40. The number of rotatable bonds is 5. The predicted molar refractivity (Wildman–Crippen MR) is 58.5 cm³/mol. The first kappa shape index (κ1) is 10.5. The summed E-state index contributed by atoms with van der Waals surface area (Å²) in [5.41, 5.74) is 8.31. The first-order chi connectivity index (χ1) is 7.40. The fourth-order valence-corrected chi connectivity index (χ4v) is 2.48. The number of nitrogens with zero attached hydrogens (tertiary/aromatic N) is 5. The molecule has 0 aliphatic carbocycles. The molecule has 0 saturated carbocycles. The average Bonchev–Trinajstić information content (AvgIpc) is 2.85. The number of aromatic nitrogens is 5. The standard InChI is InChI=1S/C7H10N6S2/c8-1-2-13-7(10-11-12-13)15-4-6-3-14-5-9-6/h3,5H,1-2,4,8H2. The lowest BCUT2D eigenvalue weighted by Crippen LogP contribution is -2.12. The lowest BCUT2D eigenvalue weighted by Gasteiger charge is -2.00. The van der Waals surface area contributed by atoms with Gasteiger partial charge in [0.05, 0.1) is 17.7 Å². The number of tetrazole rings is 1. The van der Waals surface area contributed by atoms with E-state index in [-0.39, 0.29) is 0 Å². The van der Waals surface area contributed by atoms with Crippen LogP contribution in [0.15, 0.2) is 16.0 Å². The Kier molecular flexibility index (Phi) is 3.64. The first-order valence-corrected chi connectivity index (χ1v) is 6.29. The highest BCUT2D eigenvalue weighted by Crippen LogP contribution is 2.19. The van der Waals surface area contributed by atoms with Crippen molar-refractivity contribution in [3.05, 3.63) is 16.6 Å². The highest BCUT2D eigenvalue weighted by atomic mass is 32.2. The molecule has 80 valence electrons. The second kappa shape index (κ2) is 5.19. The van der Waals surface area contributed by atoms with E-state index in [1.54, 1.807) is 27.8 Å². The molecule has 0 aliphatic heterocycles. The lowest BCUT2D eigenvalue weighted by molar-refractivity contribution is 0.557. The van der Waals surface area contributed by atoms with Crippen LogP contribution in [0.4, 0.5) is 0 Å². The summed E-state index contributed by atoms with van der Waals surface area (Å²) in [7, 11) is 0. The molecule has 0 atom stereocenters. The van der Waals surface area contributed by atoms with Gasteiger partial charge < -0.3 is 5.73 Å². The minimum absolute atomic E-state index is 0.537. The fraction of sp³-hybridized carbons (Fsp3) is 0.429. The zero-order chi connectivity index (χ0) is 10.5. The van der Waals surface area contributed by atoms with E-state index in [0.29, 0.717) is 13.1 Å². The molecule has 0 bridgehead atoms. The van der Waals surface area contributed by atoms with E-state index < -0.39 is 0 Å². The summed E-state index contributed by atoms with van der Waals surface area (Å²) in [6.07, 6.45) is 0. The minimum atomic E-state index is 0.537. The normalized spacial score (nSPS) is 10.7. The summed E-state index contributed by atoms with van der Waals surface area (Å²) >= 11 is 3.16. The molecular formula is C7H10N6S2. The van der Waals surface area contributed by atoms with Crippen molar-refractivity contribution in [1.29, 1.82) is 0 Å². The first-order valence-electron chi connectivity index (χ1n) is 4.36. The van der Waals surface area contributed by atoms with Crippen LogP contribution in [-0.4, -0.2) is 31.7 Å². The van der Waals surface area contributed by atoms with Crippen molar-refractivity contribution in [3.8, 4) is 0 Å². The number of hydrogen-bond donors (Lipinski definition) is 1. The highest BCUT2D eigenvalue weighted by Gasteiger charge is 2.06. The SMILES string of the molecule is NCCn1nnnc1SCc1cscn1. The predicted octanol–water partition coefficient (Wildman–Crippen LogP) is 0.381. The molecule has 0 unspecified atom stereocenters. The van der Waals surface area contributed by atoms with E-state index in [9.17, 15) is 0 Å². The van der Waals surface area contributed by atoms with Crippen molar-refractivity contribution in [1.82, 2.24) is 25.2 Å². The van der Waals surface area contributed by atoms with Gasteiger partial charge in [0.25, 0.3) is 0 Å². The molecule has 8 heteroatoms. The molecule has 15 heavy (non-hydrogen) atoms. The van der Waals surface area contributed by atoms with Gasteiger partial charge in [0, 0.05) is 17.7 Å². The topological polar surface area (TPSA) is 82.5 Å². The third-order valence-corrected chi connectivity index (χ3v) is 3.30. The van der Waals surface area contributed by atoms with Crippen LogP contribution >= 0.6 is 23.1 Å². The van der Waals surface area contributed by atoms with Crippen LogP contribution in [0.25, 0.3) is 0 Å². The van der Waals surface area contributed by atoms with E-state index >= 15 is 0 Å². The highest BCUT2D eigenvalue weighted by molar-refractivity contribution is 7.98. The zero-order valence-corrected chi connectivity index (χ0v) is 9.54. The van der Waals surface area contributed by atoms with E-state index in [0.717, 1.165) is 16.6 Å². The van der Waals surface area contributed by atoms with Crippen LogP contribution in [0.2, 0.25) is 0 Å². The summed E-state index contributed by atoms with van der Waals surface area (Å²) < 4.78 is 1.71. The molecule has 0 amide bonds. The Labute approximate surface area is 94.9 Å². The molecule has 2 aromatic heterocycles. The summed E-state index contributed by atoms with van der Waals surface area (Å²) in [6, 6.07) is 0. The average molecular weight is 242 g/mol. The van der Waals surface area contributed by atoms with Crippen LogP contribution in [0.5, 0.6) is 0 Å². The van der Waals surface area contributed by atoms with Crippen LogP contribution < -0.4 is 5.73 Å². The van der Waals surface area contributed by atoms with Crippen molar-refractivity contribution in [2.75, 3.05) is 6.54 Å². The lowest BCUT2D eigenvalue weighted by atomic mass is 10.6. The molecule has 2 aromatic rings. The third kappa shape index (κ3) is 2.74. The Hall–Kier alpha value is -0.990. The Morgan fingerprint density at radius 1 is 1.53 bits per heavy atom. The van der Waals surface area contributed by atoms with Gasteiger partial charge in [-0.2, -0.15) is 0 Å². The van der Waals surface area contributed by atoms with Gasteiger partial charge in [0.1, 0.15) is 0 Å². The van der Waals surface area contributed by atoms with E-state index in [1.807, 2.05) is 10.9 Å². The maximum atomic E-state index is 5.44. The van der Waals surface area contributed by atoms with Gasteiger partial charge in [0.15, 0.2) is 0 Å². The Morgan fingerprint density at radius 3 is 3.20 bits per heavy atom. The maximum Gasteiger partial charge on any atom is 0.209 e. The van der Waals surface area contributed by atoms with Gasteiger partial charge in [-0.15, -0.1) is 16.4 Å². The van der Waals surface area contributed by atoms with Gasteiger partial charge in [-0.05, 0) is 10.4 Å². The van der Waals surface area contributed by atoms with Crippen molar-refractivity contribution >= 4 is 23.1 Å². The molecule has 0 fully saturated rings. The number of nitrogens with two attached hydrogens (primary N) is 1. The molecule has 2 rings (SSSR count). The molecule has 2 N–H and O–H groups in total. The molecule has 0 aliphatic rings. The zero-order valence-electron chi connectivity index (χ0n) is 7.91. The van der Waals surface area contributed by atoms with Crippen molar-refractivity contribution in [2.24, 2.45) is 5.73 Å². The van der Waals surface area contributed by atoms with Gasteiger partial charge >= 0.3 is 0 Å². The number of thiazole rings is 1.